The van der Waals surface area contributed by atoms with Crippen LogP contribution in [0.25, 0.3) is 0 Å². The molecule has 0 radical (unpaired) electrons. The minimum absolute atomic E-state index is 0.226. The number of hydrogen-bond donors (Lipinski definition) is 2. The number of amides is 1. The summed E-state index contributed by atoms with van der Waals surface area (Å²) in [4.78, 5) is 13.5. The van der Waals surface area contributed by atoms with Crippen LogP contribution in [0.4, 0.5) is 5.69 Å². The van der Waals surface area contributed by atoms with Gasteiger partial charge in [0.05, 0.1) is 48.3 Å². The van der Waals surface area contributed by atoms with Crippen LogP contribution < -0.4 is 14.5 Å². The van der Waals surface area contributed by atoms with Gasteiger partial charge in [-0.2, -0.15) is 0 Å². The number of quaternary nitrogens is 1. The number of hydrogen-bond acceptors (Lipinski definition) is 4. The molecular weight excluding hydrogens is 389 g/mol. The van der Waals surface area contributed by atoms with Crippen LogP contribution in [0.1, 0.15) is 0 Å². The third-order valence-corrected chi connectivity index (χ3v) is 5.76. The number of ether oxygens (including phenoxy) is 1. The summed E-state index contributed by atoms with van der Waals surface area (Å²) in [5.41, 5.74) is 0.297. The molecule has 0 unspecified atom stereocenters. The molecule has 10 heteroatoms. The van der Waals surface area contributed by atoms with E-state index in [0.29, 0.717) is 17.3 Å². The molecule has 1 heterocycles. The predicted octanol–water partition coefficient (Wildman–Crippen LogP) is -0.209. The lowest BCUT2D eigenvalue weighted by Crippen LogP contribution is -3.14. The normalized spacial score (nSPS) is 15.8. The van der Waals surface area contributed by atoms with Crippen molar-refractivity contribution in [3.8, 4) is 0 Å². The molecule has 1 amide bonds. The molecule has 25 heavy (non-hydrogen) atoms. The molecule has 1 aromatic carbocycles. The molecule has 1 saturated heterocycles. The van der Waals surface area contributed by atoms with E-state index in [1.807, 2.05) is 0 Å². The molecule has 0 spiro atoms. The lowest BCUT2D eigenvalue weighted by Gasteiger charge is -2.24. The molecule has 1 aliphatic heterocycles. The van der Waals surface area contributed by atoms with Crippen molar-refractivity contribution in [2.24, 2.45) is 0 Å². The maximum absolute atomic E-state index is 12.2. The predicted molar refractivity (Wildman–Crippen MR) is 98.0 cm³/mol. The Kier molecular flexibility index (Phi) is 7.33. The molecule has 140 valence electrons. The first-order valence-electron chi connectivity index (χ1n) is 7.88. The number of anilines is 1. The van der Waals surface area contributed by atoms with Crippen LogP contribution in [-0.2, 0) is 19.6 Å². The second-order valence-electron chi connectivity index (χ2n) is 5.83. The van der Waals surface area contributed by atoms with E-state index in [4.69, 9.17) is 27.9 Å². The van der Waals surface area contributed by atoms with Gasteiger partial charge in [0.25, 0.3) is 0 Å². The van der Waals surface area contributed by atoms with Gasteiger partial charge >= 0.3 is 0 Å². The van der Waals surface area contributed by atoms with Gasteiger partial charge in [-0.25, -0.2) is 8.42 Å². The van der Waals surface area contributed by atoms with Gasteiger partial charge in [-0.1, -0.05) is 23.2 Å². The number of morpholine rings is 1. The van der Waals surface area contributed by atoms with Gasteiger partial charge in [-0.15, -0.1) is 0 Å². The molecule has 1 fully saturated rings. The summed E-state index contributed by atoms with van der Waals surface area (Å²) < 4.78 is 30.4. The van der Waals surface area contributed by atoms with Gasteiger partial charge in [-0.3, -0.25) is 9.10 Å². The Labute approximate surface area is 157 Å². The lowest BCUT2D eigenvalue weighted by atomic mass is 10.3. The van der Waals surface area contributed by atoms with Gasteiger partial charge in [0.15, 0.2) is 0 Å². The summed E-state index contributed by atoms with van der Waals surface area (Å²) in [6, 6.07) is 4.44. The minimum atomic E-state index is -3.64. The van der Waals surface area contributed by atoms with Gasteiger partial charge in [0.1, 0.15) is 19.6 Å². The van der Waals surface area contributed by atoms with E-state index in [1.165, 1.54) is 23.1 Å². The van der Waals surface area contributed by atoms with Crippen molar-refractivity contribution in [2.45, 2.75) is 0 Å². The monoisotopic (exact) mass is 410 g/mol. The first kappa shape index (κ1) is 20.3. The fraction of sp³-hybridized carbons (Fsp3) is 0.533. The Hall–Kier alpha value is -1.06. The molecule has 0 aliphatic carbocycles. The van der Waals surface area contributed by atoms with Gasteiger partial charge in [0.2, 0.25) is 15.9 Å². The maximum atomic E-state index is 12.2. The average molecular weight is 411 g/mol. The number of carbonyl (C=O) groups is 1. The summed E-state index contributed by atoms with van der Waals surface area (Å²) in [7, 11) is -3.64. The van der Waals surface area contributed by atoms with Crippen LogP contribution >= 0.6 is 23.2 Å². The third kappa shape index (κ3) is 6.31. The quantitative estimate of drug-likeness (QED) is 0.651. The maximum Gasteiger partial charge on any atom is 0.240 e. The highest BCUT2D eigenvalue weighted by Crippen LogP contribution is 2.28. The molecule has 1 aliphatic rings. The second kappa shape index (κ2) is 9.05. The largest absolute Gasteiger partial charge is 0.370 e. The third-order valence-electron chi connectivity index (χ3n) is 3.88. The molecule has 0 atom stereocenters. The van der Waals surface area contributed by atoms with Crippen LogP contribution in [-0.4, -0.2) is 66.5 Å². The zero-order valence-electron chi connectivity index (χ0n) is 13.9. The fourth-order valence-electron chi connectivity index (χ4n) is 2.52. The lowest BCUT2D eigenvalue weighted by molar-refractivity contribution is -0.906. The van der Waals surface area contributed by atoms with Crippen molar-refractivity contribution >= 4 is 44.8 Å². The molecule has 0 saturated carbocycles. The number of sulfonamides is 1. The molecule has 0 bridgehead atoms. The van der Waals surface area contributed by atoms with E-state index in [-0.39, 0.29) is 17.5 Å². The summed E-state index contributed by atoms with van der Waals surface area (Å²) >= 11 is 11.8. The van der Waals surface area contributed by atoms with E-state index >= 15 is 0 Å². The van der Waals surface area contributed by atoms with Crippen LogP contribution in [0.5, 0.6) is 0 Å². The van der Waals surface area contributed by atoms with Crippen molar-refractivity contribution in [1.82, 2.24) is 5.32 Å². The first-order chi connectivity index (χ1) is 11.8. The van der Waals surface area contributed by atoms with Crippen LogP contribution in [0.2, 0.25) is 10.0 Å². The molecule has 2 rings (SSSR count). The molecule has 7 nitrogen and oxygen atoms in total. The number of rotatable bonds is 7. The van der Waals surface area contributed by atoms with E-state index in [2.05, 4.69) is 5.32 Å². The van der Waals surface area contributed by atoms with E-state index in [9.17, 15) is 13.2 Å². The summed E-state index contributed by atoms with van der Waals surface area (Å²) in [6.07, 6.45) is 1.04. The number of carbonyl (C=O) groups excluding carboxylic acids is 1. The Morgan fingerprint density at radius 3 is 2.56 bits per heavy atom. The Morgan fingerprint density at radius 1 is 1.28 bits per heavy atom. The minimum Gasteiger partial charge on any atom is -0.370 e. The summed E-state index contributed by atoms with van der Waals surface area (Å²) in [6.45, 7) is 4.22. The average Bonchev–Trinajstić information content (AvgIpc) is 2.55. The fourth-order valence-corrected chi connectivity index (χ4v) is 3.66. The number of nitrogens with one attached hydrogen (secondary N) is 2. The van der Waals surface area contributed by atoms with Crippen molar-refractivity contribution in [3.05, 3.63) is 28.2 Å². The SMILES string of the molecule is CS(=O)(=O)N(CC(=O)NCC[NH+]1CCOCC1)c1ccc(Cl)c(Cl)c1. The highest BCUT2D eigenvalue weighted by molar-refractivity contribution is 7.92. The molecule has 1 aromatic rings. The second-order valence-corrected chi connectivity index (χ2v) is 8.55. The van der Waals surface area contributed by atoms with Crippen molar-refractivity contribution in [3.63, 3.8) is 0 Å². The number of benzene rings is 1. The Bertz CT molecular complexity index is 709. The van der Waals surface area contributed by atoms with Crippen LogP contribution in [0.15, 0.2) is 18.2 Å². The van der Waals surface area contributed by atoms with Gasteiger partial charge in [-0.05, 0) is 18.2 Å². The first-order valence-corrected chi connectivity index (χ1v) is 10.5. The van der Waals surface area contributed by atoms with E-state index in [0.717, 1.165) is 43.4 Å². The highest BCUT2D eigenvalue weighted by atomic mass is 35.5. The number of halogens is 2. The molecular formula is C15H22Cl2N3O4S+. The van der Waals surface area contributed by atoms with E-state index < -0.39 is 10.0 Å². The summed E-state index contributed by atoms with van der Waals surface area (Å²) in [5.74, 6) is -0.371. The van der Waals surface area contributed by atoms with Crippen molar-refractivity contribution < 1.29 is 22.8 Å². The molecule has 2 N–H and O–H groups in total. The van der Waals surface area contributed by atoms with E-state index in [1.54, 1.807) is 0 Å². The van der Waals surface area contributed by atoms with Crippen LogP contribution in [0.3, 0.4) is 0 Å². The summed E-state index contributed by atoms with van der Waals surface area (Å²) in [5, 5.41) is 3.31. The number of nitrogens with zero attached hydrogens (tertiary/aromatic N) is 1. The topological polar surface area (TPSA) is 80.2 Å². The van der Waals surface area contributed by atoms with Crippen molar-refractivity contribution in [2.75, 3.05) is 56.5 Å². The Morgan fingerprint density at radius 2 is 1.96 bits per heavy atom. The van der Waals surface area contributed by atoms with Crippen LogP contribution in [0, 0.1) is 0 Å². The van der Waals surface area contributed by atoms with Gasteiger partial charge < -0.3 is 15.0 Å². The highest BCUT2D eigenvalue weighted by Gasteiger charge is 2.22. The Balaban J connectivity index is 1.94. The zero-order chi connectivity index (χ0) is 18.4. The zero-order valence-corrected chi connectivity index (χ0v) is 16.3. The standard InChI is InChI=1S/C15H21Cl2N3O4S/c1-25(22,23)20(12-2-3-13(16)14(17)10-12)11-15(21)18-4-5-19-6-8-24-9-7-19/h2-3,10H,4-9,11H2,1H3,(H,18,21)/p+1. The smallest absolute Gasteiger partial charge is 0.240 e. The van der Waals surface area contributed by atoms with Crippen molar-refractivity contribution in [1.29, 1.82) is 0 Å². The molecule has 0 aromatic heterocycles. The van der Waals surface area contributed by atoms with Gasteiger partial charge in [0, 0.05) is 0 Å².